The van der Waals surface area contributed by atoms with Crippen molar-refractivity contribution >= 4 is 34.0 Å². The molecule has 0 spiro atoms. The molecular weight excluding hydrogens is 260 g/mol. The van der Waals surface area contributed by atoms with Crippen molar-refractivity contribution < 1.29 is 4.79 Å². The van der Waals surface area contributed by atoms with Gasteiger partial charge in [-0.25, -0.2) is 0 Å². The maximum Gasteiger partial charge on any atom is 0.168 e. The lowest BCUT2D eigenvalue weighted by Crippen LogP contribution is -2.03. The molecule has 18 heavy (non-hydrogen) atoms. The van der Waals surface area contributed by atoms with Gasteiger partial charge in [0.05, 0.1) is 10.6 Å². The first-order valence-electron chi connectivity index (χ1n) is 5.59. The topological polar surface area (TPSA) is 17.1 Å². The molecule has 3 heteroatoms. The fourth-order valence-corrected chi connectivity index (χ4v) is 2.69. The van der Waals surface area contributed by atoms with E-state index in [1.165, 1.54) is 11.8 Å². The number of thioether (sulfide) groups is 1. The van der Waals surface area contributed by atoms with Gasteiger partial charge < -0.3 is 0 Å². The van der Waals surface area contributed by atoms with Crippen LogP contribution in [0, 0.1) is 0 Å². The summed E-state index contributed by atoms with van der Waals surface area (Å²) in [7, 11) is 0. The van der Waals surface area contributed by atoms with Crippen molar-refractivity contribution in [3.8, 4) is 0 Å². The van der Waals surface area contributed by atoms with Crippen molar-refractivity contribution in [1.29, 1.82) is 0 Å². The van der Waals surface area contributed by atoms with Crippen LogP contribution in [0.15, 0.2) is 65.6 Å². The molecule has 0 aliphatic rings. The van der Waals surface area contributed by atoms with Crippen LogP contribution in [0.5, 0.6) is 0 Å². The molecule has 0 bridgehead atoms. The fourth-order valence-electron chi connectivity index (χ4n) is 1.51. The van der Waals surface area contributed by atoms with E-state index in [2.05, 4.69) is 0 Å². The molecule has 0 aliphatic carbocycles. The van der Waals surface area contributed by atoms with E-state index < -0.39 is 0 Å². The van der Waals surface area contributed by atoms with Gasteiger partial charge >= 0.3 is 0 Å². The maximum atomic E-state index is 11.9. The molecule has 0 amide bonds. The molecule has 0 heterocycles. The molecule has 0 aliphatic heterocycles. The van der Waals surface area contributed by atoms with Gasteiger partial charge in [0.1, 0.15) is 0 Å². The molecule has 0 atom stereocenters. The summed E-state index contributed by atoms with van der Waals surface area (Å²) < 4.78 is 0.704. The molecule has 0 aromatic heterocycles. The van der Waals surface area contributed by atoms with Gasteiger partial charge in [0, 0.05) is 10.5 Å². The third-order valence-corrected chi connectivity index (χ3v) is 3.65. The average molecular weight is 272 g/mol. The van der Waals surface area contributed by atoms with Gasteiger partial charge in [0.15, 0.2) is 5.78 Å². The Morgan fingerprint density at radius 1 is 0.944 bits per heavy atom. The molecule has 0 fully saturated rings. The number of hydrogen-bond donors (Lipinski definition) is 0. The van der Waals surface area contributed by atoms with Crippen molar-refractivity contribution in [2.45, 2.75) is 11.3 Å². The van der Waals surface area contributed by atoms with Gasteiger partial charge in [-0.2, -0.15) is 0 Å². The Hall–Kier alpha value is -1.45. The summed E-state index contributed by atoms with van der Waals surface area (Å²) in [6.07, 6.45) is 0.304. The Labute approximate surface area is 116 Å². The average Bonchev–Trinajstić information content (AvgIpc) is 2.40. The lowest BCUT2D eigenvalue weighted by Gasteiger charge is -2.03. The smallest absolute Gasteiger partial charge is 0.168 e. The third kappa shape index (κ3) is 3.79. The Morgan fingerprint density at radius 2 is 1.50 bits per heavy atom. The van der Waals surface area contributed by atoms with Crippen LogP contribution in [-0.2, 0) is 0 Å². The maximum absolute atomic E-state index is 11.9. The summed E-state index contributed by atoms with van der Waals surface area (Å²) in [5.41, 5.74) is 0.716. The van der Waals surface area contributed by atoms with Crippen LogP contribution in [0.2, 0.25) is 0 Å². The predicted octanol–water partition coefficient (Wildman–Crippen LogP) is 4.38. The largest absolute Gasteiger partial charge is 0.294 e. The molecule has 0 unspecified atom stereocenters. The first kappa shape index (κ1) is 13.0. The number of ketones is 1. The van der Waals surface area contributed by atoms with Crippen molar-refractivity contribution in [3.63, 3.8) is 0 Å². The van der Waals surface area contributed by atoms with Gasteiger partial charge in [-0.05, 0) is 12.1 Å². The molecule has 0 saturated heterocycles. The minimum Gasteiger partial charge on any atom is -0.294 e. The highest BCUT2D eigenvalue weighted by molar-refractivity contribution is 8.23. The van der Waals surface area contributed by atoms with Crippen LogP contribution < -0.4 is 0 Å². The van der Waals surface area contributed by atoms with Crippen molar-refractivity contribution in [2.75, 3.05) is 0 Å². The zero-order chi connectivity index (χ0) is 12.8. The molecule has 2 rings (SSSR count). The number of carbonyl (C=O) groups is 1. The molecule has 2 aromatic rings. The second kappa shape index (κ2) is 6.47. The van der Waals surface area contributed by atoms with Gasteiger partial charge in [-0.3, -0.25) is 4.79 Å². The molecule has 1 nitrogen and oxygen atoms in total. The zero-order valence-corrected chi connectivity index (χ0v) is 11.3. The summed E-state index contributed by atoms with van der Waals surface area (Å²) in [6.45, 7) is 0. The summed E-state index contributed by atoms with van der Waals surface area (Å²) in [4.78, 5) is 13.0. The number of thiocarbonyl (C=S) groups is 1. The Kier molecular flexibility index (Phi) is 4.67. The lowest BCUT2D eigenvalue weighted by molar-refractivity contribution is 0.100. The summed E-state index contributed by atoms with van der Waals surface area (Å²) >= 11 is 6.73. The van der Waals surface area contributed by atoms with E-state index in [1.54, 1.807) is 0 Å². The highest BCUT2D eigenvalue weighted by Gasteiger charge is 2.09. The van der Waals surface area contributed by atoms with Crippen molar-refractivity contribution in [1.82, 2.24) is 0 Å². The molecular formula is C15H12OS2. The quantitative estimate of drug-likeness (QED) is 0.467. The number of Topliss-reactive ketones (excluding diaryl/α,β-unsaturated/α-hetero) is 1. The van der Waals surface area contributed by atoms with E-state index in [0.717, 1.165) is 4.90 Å². The van der Waals surface area contributed by atoms with E-state index in [4.69, 9.17) is 12.2 Å². The zero-order valence-electron chi connectivity index (χ0n) is 9.71. The number of rotatable bonds is 4. The van der Waals surface area contributed by atoms with E-state index in [1.807, 2.05) is 60.7 Å². The second-order valence-corrected chi connectivity index (χ2v) is 5.67. The second-order valence-electron chi connectivity index (χ2n) is 3.75. The van der Waals surface area contributed by atoms with E-state index in [9.17, 15) is 4.79 Å². The normalized spacial score (nSPS) is 10.0. The number of carbonyl (C=O) groups excluding carboxylic acids is 1. The van der Waals surface area contributed by atoms with Crippen LogP contribution in [0.4, 0.5) is 0 Å². The first-order valence-corrected chi connectivity index (χ1v) is 6.82. The summed E-state index contributed by atoms with van der Waals surface area (Å²) in [5, 5.41) is 0. The lowest BCUT2D eigenvalue weighted by atomic mass is 10.1. The summed E-state index contributed by atoms with van der Waals surface area (Å²) in [6, 6.07) is 19.1. The van der Waals surface area contributed by atoms with Crippen LogP contribution in [-0.4, -0.2) is 9.98 Å². The predicted molar refractivity (Wildman–Crippen MR) is 80.3 cm³/mol. The van der Waals surface area contributed by atoms with E-state index >= 15 is 0 Å². The third-order valence-electron chi connectivity index (χ3n) is 2.38. The number of hydrogen-bond acceptors (Lipinski definition) is 3. The Balaban J connectivity index is 1.94. The molecule has 0 radical (unpaired) electrons. The molecule has 0 saturated carbocycles. The van der Waals surface area contributed by atoms with Gasteiger partial charge in [-0.1, -0.05) is 72.5 Å². The van der Waals surface area contributed by atoms with Crippen LogP contribution in [0.3, 0.4) is 0 Å². The van der Waals surface area contributed by atoms with Gasteiger partial charge in [0.2, 0.25) is 0 Å². The minimum atomic E-state index is 0.0732. The Bertz CT molecular complexity index is 535. The van der Waals surface area contributed by atoms with Crippen molar-refractivity contribution in [3.05, 3.63) is 66.2 Å². The monoisotopic (exact) mass is 272 g/mol. The van der Waals surface area contributed by atoms with E-state index in [-0.39, 0.29) is 5.78 Å². The van der Waals surface area contributed by atoms with E-state index in [0.29, 0.717) is 16.2 Å². The Morgan fingerprint density at radius 3 is 2.11 bits per heavy atom. The highest BCUT2D eigenvalue weighted by Crippen LogP contribution is 2.21. The standard InChI is InChI=1S/C15H12OS2/c16-14(12-7-3-1-4-8-12)11-15(17)18-13-9-5-2-6-10-13/h1-10H,11H2. The van der Waals surface area contributed by atoms with Gasteiger partial charge in [0.25, 0.3) is 0 Å². The van der Waals surface area contributed by atoms with Crippen LogP contribution in [0.25, 0.3) is 0 Å². The van der Waals surface area contributed by atoms with Gasteiger partial charge in [-0.15, -0.1) is 0 Å². The fraction of sp³-hybridized carbons (Fsp3) is 0.0667. The summed E-state index contributed by atoms with van der Waals surface area (Å²) in [5.74, 6) is 0.0732. The van der Waals surface area contributed by atoms with Crippen LogP contribution >= 0.6 is 24.0 Å². The minimum absolute atomic E-state index is 0.0732. The van der Waals surface area contributed by atoms with Crippen molar-refractivity contribution in [2.24, 2.45) is 0 Å². The van der Waals surface area contributed by atoms with Crippen LogP contribution in [0.1, 0.15) is 16.8 Å². The molecule has 2 aromatic carbocycles. The highest BCUT2D eigenvalue weighted by atomic mass is 32.2. The molecule has 90 valence electrons. The SMILES string of the molecule is O=C(CC(=S)Sc1ccccc1)c1ccccc1. The number of benzene rings is 2. The molecule has 0 N–H and O–H groups in total. The first-order chi connectivity index (χ1) is 8.75.